The van der Waals surface area contributed by atoms with Gasteiger partial charge in [0.25, 0.3) is 5.91 Å². The molecule has 134 valence electrons. The second-order valence-corrected chi connectivity index (χ2v) is 7.20. The van der Waals surface area contributed by atoms with E-state index in [1.165, 1.54) is 16.7 Å². The molecule has 2 amide bonds. The predicted octanol–water partition coefficient (Wildman–Crippen LogP) is 3.20. The van der Waals surface area contributed by atoms with Crippen LogP contribution in [-0.4, -0.2) is 41.2 Å². The Morgan fingerprint density at radius 2 is 2.16 bits per heavy atom. The first-order chi connectivity index (χ1) is 12.1. The van der Waals surface area contributed by atoms with Crippen LogP contribution in [0.15, 0.2) is 29.2 Å². The van der Waals surface area contributed by atoms with Crippen LogP contribution < -0.4 is 10.1 Å². The van der Waals surface area contributed by atoms with Crippen LogP contribution in [0.3, 0.4) is 0 Å². The molecule has 5 nitrogen and oxygen atoms in total. The molecule has 0 bridgehead atoms. The lowest BCUT2D eigenvalue weighted by atomic mass is 10.2. The maximum Gasteiger partial charge on any atom is 0.266 e. The number of carbonyl (C=O) groups is 2. The van der Waals surface area contributed by atoms with E-state index in [-0.39, 0.29) is 18.2 Å². The van der Waals surface area contributed by atoms with E-state index in [0.29, 0.717) is 28.1 Å². The van der Waals surface area contributed by atoms with Crippen LogP contribution in [0.25, 0.3) is 6.08 Å². The van der Waals surface area contributed by atoms with E-state index in [2.05, 4.69) is 12.2 Å². The van der Waals surface area contributed by atoms with Gasteiger partial charge in [-0.1, -0.05) is 55.5 Å². The van der Waals surface area contributed by atoms with Gasteiger partial charge < -0.3 is 10.1 Å². The summed E-state index contributed by atoms with van der Waals surface area (Å²) in [6.07, 6.45) is 4.01. The zero-order valence-electron chi connectivity index (χ0n) is 14.4. The average Bonchev–Trinajstić information content (AvgIpc) is 2.87. The Morgan fingerprint density at radius 1 is 1.40 bits per heavy atom. The highest BCUT2D eigenvalue weighted by molar-refractivity contribution is 8.26. The van der Waals surface area contributed by atoms with Gasteiger partial charge in [-0.15, -0.1) is 0 Å². The molecule has 7 heteroatoms. The second-order valence-electron chi connectivity index (χ2n) is 5.53. The van der Waals surface area contributed by atoms with Gasteiger partial charge in [-0.2, -0.15) is 0 Å². The fourth-order valence-corrected chi connectivity index (χ4v) is 3.63. The van der Waals surface area contributed by atoms with Crippen LogP contribution in [0.1, 0.15) is 31.7 Å². The van der Waals surface area contributed by atoms with E-state index < -0.39 is 0 Å². The van der Waals surface area contributed by atoms with Gasteiger partial charge in [0.1, 0.15) is 10.1 Å². The summed E-state index contributed by atoms with van der Waals surface area (Å²) < 4.78 is 5.78. The summed E-state index contributed by atoms with van der Waals surface area (Å²) in [5.41, 5.74) is 0.822. The van der Waals surface area contributed by atoms with Crippen molar-refractivity contribution in [3.8, 4) is 5.75 Å². The minimum absolute atomic E-state index is 0.0591. The molecule has 0 spiro atoms. The number of nitrogens with zero attached hydrogens (tertiary/aromatic N) is 1. The van der Waals surface area contributed by atoms with Gasteiger partial charge in [0.15, 0.2) is 0 Å². The third-order valence-electron chi connectivity index (χ3n) is 3.71. The van der Waals surface area contributed by atoms with Crippen LogP contribution in [0, 0.1) is 0 Å². The Hall–Kier alpha value is -1.86. The first-order valence-corrected chi connectivity index (χ1v) is 9.44. The van der Waals surface area contributed by atoms with Gasteiger partial charge in [-0.05, 0) is 18.6 Å². The van der Waals surface area contributed by atoms with Crippen molar-refractivity contribution in [1.29, 1.82) is 0 Å². The third-order valence-corrected chi connectivity index (χ3v) is 5.09. The fraction of sp³-hybridized carbons (Fsp3) is 0.389. The van der Waals surface area contributed by atoms with Gasteiger partial charge in [0.05, 0.1) is 12.0 Å². The van der Waals surface area contributed by atoms with E-state index in [4.69, 9.17) is 17.0 Å². The molecule has 0 aliphatic carbocycles. The van der Waals surface area contributed by atoms with Crippen LogP contribution in [0.2, 0.25) is 0 Å². The molecule has 0 unspecified atom stereocenters. The molecule has 0 radical (unpaired) electrons. The lowest BCUT2D eigenvalue weighted by Gasteiger charge is -2.14. The summed E-state index contributed by atoms with van der Waals surface area (Å²) in [7, 11) is 1.59. The Morgan fingerprint density at radius 3 is 2.88 bits per heavy atom. The van der Waals surface area contributed by atoms with E-state index in [1.807, 2.05) is 24.3 Å². The maximum atomic E-state index is 12.6. The van der Waals surface area contributed by atoms with Crippen molar-refractivity contribution in [1.82, 2.24) is 10.2 Å². The lowest BCUT2D eigenvalue weighted by molar-refractivity contribution is -0.123. The largest absolute Gasteiger partial charge is 0.496 e. The third kappa shape index (κ3) is 5.31. The molecule has 1 aliphatic heterocycles. The zero-order chi connectivity index (χ0) is 18.2. The number of ether oxygens (including phenoxy) is 1. The number of benzene rings is 1. The molecular weight excluding hydrogens is 356 g/mol. The molecule has 25 heavy (non-hydrogen) atoms. The quantitative estimate of drug-likeness (QED) is 0.428. The van der Waals surface area contributed by atoms with Gasteiger partial charge >= 0.3 is 0 Å². The number of methoxy groups -OCH3 is 1. The minimum Gasteiger partial charge on any atom is -0.496 e. The molecule has 1 aromatic carbocycles. The van der Waals surface area contributed by atoms with Crippen LogP contribution in [0.5, 0.6) is 5.75 Å². The molecule has 1 fully saturated rings. The number of hydrogen-bond acceptors (Lipinski definition) is 5. The Balaban J connectivity index is 2.00. The van der Waals surface area contributed by atoms with Crippen molar-refractivity contribution in [2.45, 2.75) is 26.2 Å². The highest BCUT2D eigenvalue weighted by Crippen LogP contribution is 2.34. The first kappa shape index (κ1) is 19.5. The Kier molecular flexibility index (Phi) is 7.46. The van der Waals surface area contributed by atoms with Gasteiger partial charge in [0, 0.05) is 25.1 Å². The lowest BCUT2D eigenvalue weighted by Crippen LogP contribution is -2.33. The van der Waals surface area contributed by atoms with Gasteiger partial charge in [-0.3, -0.25) is 14.5 Å². The van der Waals surface area contributed by atoms with E-state index in [0.717, 1.165) is 18.4 Å². The van der Waals surface area contributed by atoms with Crippen molar-refractivity contribution >= 4 is 46.2 Å². The molecular formula is C18H22N2O3S2. The summed E-state index contributed by atoms with van der Waals surface area (Å²) in [5, 5.41) is 2.85. The molecule has 1 heterocycles. The average molecular weight is 379 g/mol. The van der Waals surface area contributed by atoms with Crippen LogP contribution in [0.4, 0.5) is 0 Å². The summed E-state index contributed by atoms with van der Waals surface area (Å²) >= 11 is 6.55. The SMILES string of the molecule is CCCCNC(=O)CCN1C(=O)C(=Cc2ccccc2OC)SC1=S. The monoisotopic (exact) mass is 378 g/mol. The molecule has 0 saturated carbocycles. The number of thioether (sulfide) groups is 1. The molecule has 1 aromatic rings. The molecule has 0 aromatic heterocycles. The smallest absolute Gasteiger partial charge is 0.266 e. The predicted molar refractivity (Wildman–Crippen MR) is 105 cm³/mol. The van der Waals surface area contributed by atoms with Crippen molar-refractivity contribution < 1.29 is 14.3 Å². The molecule has 1 N–H and O–H groups in total. The highest BCUT2D eigenvalue weighted by atomic mass is 32.2. The van der Waals surface area contributed by atoms with Crippen LogP contribution in [-0.2, 0) is 9.59 Å². The number of hydrogen-bond donors (Lipinski definition) is 1. The zero-order valence-corrected chi connectivity index (χ0v) is 16.0. The summed E-state index contributed by atoms with van der Waals surface area (Å²) in [6.45, 7) is 3.04. The van der Waals surface area contributed by atoms with Gasteiger partial charge in [-0.25, -0.2) is 0 Å². The van der Waals surface area contributed by atoms with Crippen molar-refractivity contribution in [3.63, 3.8) is 0 Å². The molecule has 1 saturated heterocycles. The van der Waals surface area contributed by atoms with Crippen molar-refractivity contribution in [2.24, 2.45) is 0 Å². The number of rotatable bonds is 8. The number of thiocarbonyl (C=S) groups is 1. The number of amides is 2. The topological polar surface area (TPSA) is 58.6 Å². The number of unbranched alkanes of at least 4 members (excludes halogenated alkanes) is 1. The summed E-state index contributed by atoms with van der Waals surface area (Å²) in [4.78, 5) is 26.4. The summed E-state index contributed by atoms with van der Waals surface area (Å²) in [6, 6.07) is 7.48. The minimum atomic E-state index is -0.165. The van der Waals surface area contributed by atoms with E-state index in [1.54, 1.807) is 13.2 Å². The standard InChI is InChI=1S/C18H22N2O3S2/c1-3-4-10-19-16(21)9-11-20-17(22)15(25-18(20)24)12-13-7-5-6-8-14(13)23-2/h5-8,12H,3-4,9-11H2,1-2H3,(H,19,21). The highest BCUT2D eigenvalue weighted by Gasteiger charge is 2.32. The molecule has 0 atom stereocenters. The number of para-hydroxylation sites is 1. The van der Waals surface area contributed by atoms with Gasteiger partial charge in [0.2, 0.25) is 5.91 Å². The molecule has 1 aliphatic rings. The molecule has 2 rings (SSSR count). The summed E-state index contributed by atoms with van der Waals surface area (Å²) in [5.74, 6) is 0.474. The normalized spacial score (nSPS) is 15.8. The number of nitrogens with one attached hydrogen (secondary N) is 1. The van der Waals surface area contributed by atoms with Crippen molar-refractivity contribution in [3.05, 3.63) is 34.7 Å². The number of carbonyl (C=O) groups excluding carboxylic acids is 2. The Bertz CT molecular complexity index is 689. The second kappa shape index (κ2) is 9.58. The fourth-order valence-electron chi connectivity index (χ4n) is 2.33. The van der Waals surface area contributed by atoms with Crippen molar-refractivity contribution in [2.75, 3.05) is 20.2 Å². The van der Waals surface area contributed by atoms with Crippen LogP contribution >= 0.6 is 24.0 Å². The first-order valence-electron chi connectivity index (χ1n) is 8.22. The van der Waals surface area contributed by atoms with E-state index >= 15 is 0 Å². The maximum absolute atomic E-state index is 12.6. The Labute approximate surface area is 157 Å². The van der Waals surface area contributed by atoms with E-state index in [9.17, 15) is 9.59 Å².